The van der Waals surface area contributed by atoms with Crippen molar-refractivity contribution in [3.05, 3.63) is 85.1 Å². The molecule has 0 spiro atoms. The first-order valence-corrected chi connectivity index (χ1v) is 23.7. The Labute approximate surface area is 356 Å². The second-order valence-corrected chi connectivity index (χ2v) is 15.4. The van der Waals surface area contributed by atoms with Gasteiger partial charge in [0.1, 0.15) is 13.2 Å². The molecule has 0 fully saturated rings. The summed E-state index contributed by atoms with van der Waals surface area (Å²) in [6.45, 7) is 6.37. The lowest BCUT2D eigenvalue weighted by atomic mass is 10.1. The molecule has 0 radical (unpaired) electrons. The zero-order valence-electron chi connectivity index (χ0n) is 37.5. The van der Waals surface area contributed by atoms with Gasteiger partial charge in [0, 0.05) is 19.3 Å². The van der Waals surface area contributed by atoms with Gasteiger partial charge in [-0.1, -0.05) is 189 Å². The van der Waals surface area contributed by atoms with E-state index in [9.17, 15) is 14.4 Å². The van der Waals surface area contributed by atoms with Gasteiger partial charge in [-0.15, -0.1) is 0 Å². The third-order valence-electron chi connectivity index (χ3n) is 9.73. The maximum absolute atomic E-state index is 12.7. The minimum Gasteiger partial charge on any atom is -0.462 e. The zero-order valence-corrected chi connectivity index (χ0v) is 37.5. The van der Waals surface area contributed by atoms with Crippen LogP contribution < -0.4 is 0 Å². The van der Waals surface area contributed by atoms with Crippen molar-refractivity contribution in [3.8, 4) is 0 Å². The number of esters is 3. The third kappa shape index (κ3) is 43.7. The molecule has 58 heavy (non-hydrogen) atoms. The first kappa shape index (κ1) is 54.6. The summed E-state index contributed by atoms with van der Waals surface area (Å²) in [6, 6.07) is 0. The molecule has 0 rings (SSSR count). The second-order valence-electron chi connectivity index (χ2n) is 15.4. The highest BCUT2D eigenvalue weighted by Gasteiger charge is 2.19. The normalized spacial score (nSPS) is 12.8. The van der Waals surface area contributed by atoms with E-state index in [0.29, 0.717) is 19.3 Å². The number of ether oxygens (including phenoxy) is 3. The highest BCUT2D eigenvalue weighted by atomic mass is 16.6. The molecule has 0 N–H and O–H groups in total. The van der Waals surface area contributed by atoms with Crippen molar-refractivity contribution in [2.75, 3.05) is 13.2 Å². The standard InChI is InChI=1S/C52H86O6/c1-4-7-10-13-16-19-22-24-26-28-30-33-36-39-42-45-51(54)57-48-49(47-56-50(53)44-41-38-35-32-21-18-15-12-9-6-3)58-52(55)46-43-40-37-34-31-29-27-25-23-20-17-14-11-8-5-2/h7,10,13,15-16,18-20,22-24,26,28,30,49H,4-6,8-9,11-12,14,17,21,25,27,29,31-48H2,1-3H3/b10-7-,16-13-,18-15-,22-19-,23-20-,26-24-,30-28-. The van der Waals surface area contributed by atoms with Crippen LogP contribution in [0.15, 0.2) is 85.1 Å². The van der Waals surface area contributed by atoms with Crippen LogP contribution in [0.25, 0.3) is 0 Å². The molecule has 0 saturated carbocycles. The molecule has 0 aromatic rings. The molecule has 1 atom stereocenters. The Kier molecular flexibility index (Phi) is 43.6. The molecule has 1 unspecified atom stereocenters. The van der Waals surface area contributed by atoms with Crippen molar-refractivity contribution in [1.29, 1.82) is 0 Å². The maximum atomic E-state index is 12.7. The predicted molar refractivity (Wildman–Crippen MR) is 247 cm³/mol. The van der Waals surface area contributed by atoms with Crippen molar-refractivity contribution in [2.24, 2.45) is 0 Å². The molecular formula is C52H86O6. The van der Waals surface area contributed by atoms with Crippen LogP contribution in [0.4, 0.5) is 0 Å². The van der Waals surface area contributed by atoms with E-state index in [-0.39, 0.29) is 31.1 Å². The van der Waals surface area contributed by atoms with Gasteiger partial charge in [-0.05, 0) is 83.5 Å². The molecule has 0 aromatic heterocycles. The highest BCUT2D eigenvalue weighted by molar-refractivity contribution is 5.71. The molecule has 0 aliphatic heterocycles. The highest BCUT2D eigenvalue weighted by Crippen LogP contribution is 2.13. The molecule has 0 amide bonds. The number of rotatable bonds is 41. The van der Waals surface area contributed by atoms with E-state index in [1.54, 1.807) is 0 Å². The van der Waals surface area contributed by atoms with E-state index in [0.717, 1.165) is 89.9 Å². The Morgan fingerprint density at radius 1 is 0.362 bits per heavy atom. The van der Waals surface area contributed by atoms with E-state index in [1.165, 1.54) is 77.0 Å². The van der Waals surface area contributed by atoms with Gasteiger partial charge in [-0.25, -0.2) is 0 Å². The molecule has 0 aromatic carbocycles. The Morgan fingerprint density at radius 2 is 0.707 bits per heavy atom. The lowest BCUT2D eigenvalue weighted by molar-refractivity contribution is -0.167. The topological polar surface area (TPSA) is 78.9 Å². The summed E-state index contributed by atoms with van der Waals surface area (Å²) in [5.74, 6) is -0.965. The van der Waals surface area contributed by atoms with Crippen molar-refractivity contribution in [3.63, 3.8) is 0 Å². The van der Waals surface area contributed by atoms with Crippen LogP contribution in [0.2, 0.25) is 0 Å². The van der Waals surface area contributed by atoms with Gasteiger partial charge in [0.2, 0.25) is 0 Å². The van der Waals surface area contributed by atoms with Crippen molar-refractivity contribution >= 4 is 17.9 Å². The molecule has 330 valence electrons. The van der Waals surface area contributed by atoms with Crippen molar-refractivity contribution in [2.45, 2.75) is 213 Å². The van der Waals surface area contributed by atoms with E-state index < -0.39 is 6.10 Å². The quantitative estimate of drug-likeness (QED) is 0.0201. The molecule has 0 aliphatic carbocycles. The van der Waals surface area contributed by atoms with E-state index >= 15 is 0 Å². The molecule has 0 heterocycles. The van der Waals surface area contributed by atoms with Crippen LogP contribution in [0.3, 0.4) is 0 Å². The first-order chi connectivity index (χ1) is 28.5. The van der Waals surface area contributed by atoms with Crippen molar-refractivity contribution < 1.29 is 28.6 Å². The number of carbonyl (C=O) groups excluding carboxylic acids is 3. The van der Waals surface area contributed by atoms with Gasteiger partial charge >= 0.3 is 17.9 Å². The summed E-state index contributed by atoms with van der Waals surface area (Å²) in [5, 5.41) is 0. The van der Waals surface area contributed by atoms with Crippen LogP contribution in [-0.4, -0.2) is 37.2 Å². The Balaban J connectivity index is 4.48. The average Bonchev–Trinajstić information content (AvgIpc) is 3.22. The number of unbranched alkanes of at least 4 members (excludes halogenated alkanes) is 20. The number of hydrogen-bond acceptors (Lipinski definition) is 6. The molecule has 0 aliphatic rings. The van der Waals surface area contributed by atoms with Gasteiger partial charge in [0.25, 0.3) is 0 Å². The lowest BCUT2D eigenvalue weighted by Crippen LogP contribution is -2.30. The number of allylic oxidation sites excluding steroid dienone is 14. The summed E-state index contributed by atoms with van der Waals surface area (Å²) in [4.78, 5) is 37.8. The van der Waals surface area contributed by atoms with Gasteiger partial charge in [-0.2, -0.15) is 0 Å². The smallest absolute Gasteiger partial charge is 0.306 e. The first-order valence-electron chi connectivity index (χ1n) is 23.7. The Morgan fingerprint density at radius 3 is 1.17 bits per heavy atom. The maximum Gasteiger partial charge on any atom is 0.306 e. The lowest BCUT2D eigenvalue weighted by Gasteiger charge is -2.18. The van der Waals surface area contributed by atoms with Crippen LogP contribution in [0, 0.1) is 0 Å². The van der Waals surface area contributed by atoms with Crippen LogP contribution in [0.5, 0.6) is 0 Å². The number of carbonyl (C=O) groups is 3. The Bertz CT molecular complexity index is 1160. The molecule has 6 heteroatoms. The summed E-state index contributed by atoms with van der Waals surface area (Å²) in [6.07, 6.45) is 58.5. The summed E-state index contributed by atoms with van der Waals surface area (Å²) in [7, 11) is 0. The molecule has 6 nitrogen and oxygen atoms in total. The van der Waals surface area contributed by atoms with Crippen LogP contribution in [0.1, 0.15) is 207 Å². The summed E-state index contributed by atoms with van der Waals surface area (Å²) in [5.41, 5.74) is 0. The monoisotopic (exact) mass is 807 g/mol. The van der Waals surface area contributed by atoms with Gasteiger partial charge in [0.15, 0.2) is 6.10 Å². The fraction of sp³-hybridized carbons (Fsp3) is 0.673. The van der Waals surface area contributed by atoms with E-state index in [2.05, 4.69) is 57.2 Å². The second kappa shape index (κ2) is 46.3. The average molecular weight is 807 g/mol. The van der Waals surface area contributed by atoms with Crippen LogP contribution >= 0.6 is 0 Å². The van der Waals surface area contributed by atoms with Gasteiger partial charge in [-0.3, -0.25) is 14.4 Å². The molecule has 0 bridgehead atoms. The molecule has 0 saturated heterocycles. The minimum absolute atomic E-state index is 0.0992. The van der Waals surface area contributed by atoms with Crippen LogP contribution in [-0.2, 0) is 28.6 Å². The van der Waals surface area contributed by atoms with Gasteiger partial charge in [0.05, 0.1) is 0 Å². The van der Waals surface area contributed by atoms with E-state index in [4.69, 9.17) is 14.2 Å². The third-order valence-corrected chi connectivity index (χ3v) is 9.73. The van der Waals surface area contributed by atoms with E-state index in [1.807, 2.05) is 48.6 Å². The SMILES string of the molecule is CC\C=C/C=C\C=C/C=C\C=C/CCCCCC(=O)OCC(COC(=O)CCCCCC/C=C\CCCC)OC(=O)CCCCCCCCC/C=C\CCCCCC. The fourth-order valence-corrected chi connectivity index (χ4v) is 6.14. The minimum atomic E-state index is -0.799. The Hall–Kier alpha value is -3.41. The predicted octanol–water partition coefficient (Wildman–Crippen LogP) is 15.3. The largest absolute Gasteiger partial charge is 0.462 e. The zero-order chi connectivity index (χ0) is 42.3. The van der Waals surface area contributed by atoms with Gasteiger partial charge < -0.3 is 14.2 Å². The summed E-state index contributed by atoms with van der Waals surface area (Å²) >= 11 is 0. The molecular weight excluding hydrogens is 721 g/mol. The fourth-order valence-electron chi connectivity index (χ4n) is 6.14. The van der Waals surface area contributed by atoms with Crippen molar-refractivity contribution in [1.82, 2.24) is 0 Å². The number of hydrogen-bond donors (Lipinski definition) is 0. The summed E-state index contributed by atoms with van der Waals surface area (Å²) < 4.78 is 16.7.